The van der Waals surface area contributed by atoms with Crippen LogP contribution in [0.1, 0.15) is 36.9 Å². The molecular weight excluding hydrogens is 350 g/mol. The first-order chi connectivity index (χ1) is 12.6. The van der Waals surface area contributed by atoms with Crippen LogP contribution in [0.4, 0.5) is 0 Å². The maximum absolute atomic E-state index is 11.5. The predicted octanol–water partition coefficient (Wildman–Crippen LogP) is 4.62. The second-order valence-corrected chi connectivity index (χ2v) is 7.07. The SMILES string of the molecule is CCOc1cccc(C(c2cccc(Cl)c2)N2CCCC(C(=O)O)C2)c1. The summed E-state index contributed by atoms with van der Waals surface area (Å²) in [5.74, 6) is -0.230. The smallest absolute Gasteiger partial charge is 0.307 e. The van der Waals surface area contributed by atoms with Crippen molar-refractivity contribution in [3.8, 4) is 5.75 Å². The lowest BCUT2D eigenvalue weighted by Crippen LogP contribution is -2.41. The van der Waals surface area contributed by atoms with Crippen LogP contribution in [0.15, 0.2) is 48.5 Å². The van der Waals surface area contributed by atoms with Crippen molar-refractivity contribution < 1.29 is 14.6 Å². The average Bonchev–Trinajstić information content (AvgIpc) is 2.63. The number of halogens is 1. The fourth-order valence-electron chi connectivity index (χ4n) is 3.67. The van der Waals surface area contributed by atoms with E-state index < -0.39 is 5.97 Å². The highest BCUT2D eigenvalue weighted by Crippen LogP contribution is 2.35. The van der Waals surface area contributed by atoms with Gasteiger partial charge in [-0.3, -0.25) is 9.69 Å². The number of aliphatic carboxylic acids is 1. The van der Waals surface area contributed by atoms with E-state index in [4.69, 9.17) is 16.3 Å². The molecule has 0 aromatic heterocycles. The minimum absolute atomic E-state index is 0.0451. The van der Waals surface area contributed by atoms with Crippen LogP contribution in [0.2, 0.25) is 5.02 Å². The van der Waals surface area contributed by atoms with Gasteiger partial charge in [-0.25, -0.2) is 0 Å². The van der Waals surface area contributed by atoms with Gasteiger partial charge in [0.05, 0.1) is 18.6 Å². The van der Waals surface area contributed by atoms with Crippen molar-refractivity contribution in [3.05, 3.63) is 64.7 Å². The monoisotopic (exact) mass is 373 g/mol. The van der Waals surface area contributed by atoms with Crippen LogP contribution in [0.5, 0.6) is 5.75 Å². The zero-order valence-electron chi connectivity index (χ0n) is 14.9. The van der Waals surface area contributed by atoms with E-state index >= 15 is 0 Å². The molecule has 1 fully saturated rings. The Morgan fingerprint density at radius 3 is 2.69 bits per heavy atom. The first-order valence-electron chi connectivity index (χ1n) is 9.03. The van der Waals surface area contributed by atoms with Crippen LogP contribution in [-0.2, 0) is 4.79 Å². The molecule has 1 saturated heterocycles. The minimum atomic E-state index is -0.720. The molecule has 26 heavy (non-hydrogen) atoms. The third-order valence-corrected chi connectivity index (χ3v) is 5.05. The van der Waals surface area contributed by atoms with Crippen LogP contribution >= 0.6 is 11.6 Å². The summed E-state index contributed by atoms with van der Waals surface area (Å²) in [5, 5.41) is 10.2. The molecule has 0 bridgehead atoms. The van der Waals surface area contributed by atoms with Gasteiger partial charge in [0.2, 0.25) is 0 Å². The zero-order chi connectivity index (χ0) is 18.5. The number of likely N-dealkylation sites (tertiary alicyclic amines) is 1. The number of nitrogens with zero attached hydrogens (tertiary/aromatic N) is 1. The van der Waals surface area contributed by atoms with Crippen molar-refractivity contribution in [2.75, 3.05) is 19.7 Å². The van der Waals surface area contributed by atoms with Crippen LogP contribution in [0.25, 0.3) is 0 Å². The largest absolute Gasteiger partial charge is 0.494 e. The molecule has 1 aliphatic rings. The number of carboxylic acids is 1. The van der Waals surface area contributed by atoms with E-state index in [9.17, 15) is 9.90 Å². The van der Waals surface area contributed by atoms with E-state index in [-0.39, 0.29) is 12.0 Å². The maximum Gasteiger partial charge on any atom is 0.307 e. The van der Waals surface area contributed by atoms with Gasteiger partial charge in [-0.1, -0.05) is 35.9 Å². The van der Waals surface area contributed by atoms with Crippen molar-refractivity contribution >= 4 is 17.6 Å². The molecule has 1 N–H and O–H groups in total. The highest BCUT2D eigenvalue weighted by molar-refractivity contribution is 6.30. The van der Waals surface area contributed by atoms with E-state index in [1.807, 2.05) is 49.4 Å². The lowest BCUT2D eigenvalue weighted by Gasteiger charge is -2.37. The number of rotatable bonds is 6. The topological polar surface area (TPSA) is 49.8 Å². The van der Waals surface area contributed by atoms with E-state index in [0.29, 0.717) is 18.2 Å². The van der Waals surface area contributed by atoms with Gasteiger partial charge in [-0.05, 0) is 61.7 Å². The Labute approximate surface area is 159 Å². The summed E-state index contributed by atoms with van der Waals surface area (Å²) in [6.45, 7) is 3.96. The fourth-order valence-corrected chi connectivity index (χ4v) is 3.87. The van der Waals surface area contributed by atoms with Gasteiger partial charge < -0.3 is 9.84 Å². The molecule has 0 aliphatic carbocycles. The van der Waals surface area contributed by atoms with Crippen LogP contribution in [0.3, 0.4) is 0 Å². The third kappa shape index (κ3) is 4.37. The number of piperidine rings is 1. The number of benzene rings is 2. The Morgan fingerprint density at radius 1 is 1.27 bits per heavy atom. The Morgan fingerprint density at radius 2 is 2.00 bits per heavy atom. The molecule has 2 atom stereocenters. The number of hydrogen-bond donors (Lipinski definition) is 1. The first kappa shape index (κ1) is 18.7. The average molecular weight is 374 g/mol. The number of ether oxygens (including phenoxy) is 1. The molecule has 5 heteroatoms. The van der Waals surface area contributed by atoms with Gasteiger partial charge in [0.25, 0.3) is 0 Å². The fraction of sp³-hybridized carbons (Fsp3) is 0.381. The summed E-state index contributed by atoms with van der Waals surface area (Å²) in [5.41, 5.74) is 2.15. The minimum Gasteiger partial charge on any atom is -0.494 e. The van der Waals surface area contributed by atoms with Gasteiger partial charge in [0.15, 0.2) is 0 Å². The molecule has 2 aromatic carbocycles. The second-order valence-electron chi connectivity index (χ2n) is 6.64. The standard InChI is InChI=1S/C21H24ClNO3/c1-2-26-19-10-4-7-16(13-19)20(15-6-3-9-18(22)12-15)23-11-5-8-17(14-23)21(24)25/h3-4,6-7,9-10,12-13,17,20H,2,5,8,11,14H2,1H3,(H,24,25). The van der Waals surface area contributed by atoms with Gasteiger partial charge >= 0.3 is 5.97 Å². The van der Waals surface area contributed by atoms with Crippen molar-refractivity contribution in [1.82, 2.24) is 4.90 Å². The van der Waals surface area contributed by atoms with Gasteiger partial charge in [-0.15, -0.1) is 0 Å². The molecule has 0 saturated carbocycles. The first-order valence-corrected chi connectivity index (χ1v) is 9.41. The molecule has 4 nitrogen and oxygen atoms in total. The molecule has 0 radical (unpaired) electrons. The van der Waals surface area contributed by atoms with Crippen molar-refractivity contribution in [2.45, 2.75) is 25.8 Å². The van der Waals surface area contributed by atoms with Gasteiger partial charge in [0, 0.05) is 11.6 Å². The summed E-state index contributed by atoms with van der Waals surface area (Å²) in [4.78, 5) is 13.8. The van der Waals surface area contributed by atoms with E-state index in [0.717, 1.165) is 36.3 Å². The Balaban J connectivity index is 1.99. The lowest BCUT2D eigenvalue weighted by atomic mass is 9.91. The quantitative estimate of drug-likeness (QED) is 0.802. The highest BCUT2D eigenvalue weighted by atomic mass is 35.5. The molecule has 3 rings (SSSR count). The Bertz CT molecular complexity index is 764. The Kier molecular flexibility index (Phi) is 6.17. The summed E-state index contributed by atoms with van der Waals surface area (Å²) >= 11 is 6.24. The molecule has 2 unspecified atom stereocenters. The number of hydrogen-bond acceptors (Lipinski definition) is 3. The maximum atomic E-state index is 11.5. The molecule has 0 spiro atoms. The summed E-state index contributed by atoms with van der Waals surface area (Å²) < 4.78 is 5.66. The predicted molar refractivity (Wildman–Crippen MR) is 103 cm³/mol. The van der Waals surface area contributed by atoms with Crippen molar-refractivity contribution in [2.24, 2.45) is 5.92 Å². The molecule has 138 valence electrons. The molecule has 1 aliphatic heterocycles. The van der Waals surface area contributed by atoms with Crippen molar-refractivity contribution in [3.63, 3.8) is 0 Å². The molecular formula is C21H24ClNO3. The zero-order valence-corrected chi connectivity index (χ0v) is 15.7. The van der Waals surface area contributed by atoms with E-state index in [1.165, 1.54) is 0 Å². The van der Waals surface area contributed by atoms with E-state index in [1.54, 1.807) is 0 Å². The Hall–Kier alpha value is -2.04. The van der Waals surface area contributed by atoms with Crippen molar-refractivity contribution in [1.29, 1.82) is 0 Å². The lowest BCUT2D eigenvalue weighted by molar-refractivity contribution is -0.143. The highest BCUT2D eigenvalue weighted by Gasteiger charge is 2.31. The van der Waals surface area contributed by atoms with Crippen LogP contribution in [-0.4, -0.2) is 35.7 Å². The van der Waals surface area contributed by atoms with Crippen LogP contribution < -0.4 is 4.74 Å². The second kappa shape index (κ2) is 8.56. The number of carboxylic acid groups (broad SMARTS) is 1. The summed E-state index contributed by atoms with van der Waals surface area (Å²) in [6.07, 6.45) is 1.60. The summed E-state index contributed by atoms with van der Waals surface area (Å²) in [6, 6.07) is 15.8. The van der Waals surface area contributed by atoms with Crippen LogP contribution in [0, 0.1) is 5.92 Å². The molecule has 1 heterocycles. The molecule has 0 amide bonds. The van der Waals surface area contributed by atoms with E-state index in [2.05, 4.69) is 11.0 Å². The summed E-state index contributed by atoms with van der Waals surface area (Å²) in [7, 11) is 0. The van der Waals surface area contributed by atoms with Gasteiger partial charge in [-0.2, -0.15) is 0 Å². The van der Waals surface area contributed by atoms with Gasteiger partial charge in [0.1, 0.15) is 5.75 Å². The normalized spacial score (nSPS) is 19.1. The third-order valence-electron chi connectivity index (χ3n) is 4.82. The molecule has 2 aromatic rings. The number of carbonyl (C=O) groups is 1.